The van der Waals surface area contributed by atoms with E-state index < -0.39 is 17.5 Å². The molecule has 1 saturated heterocycles. The van der Waals surface area contributed by atoms with Gasteiger partial charge in [0.05, 0.1) is 7.11 Å². The Balaban J connectivity index is 1.99. The first-order chi connectivity index (χ1) is 12.3. The zero-order chi connectivity index (χ0) is 19.3. The number of imide groups is 1. The van der Waals surface area contributed by atoms with Crippen molar-refractivity contribution in [1.82, 2.24) is 26.0 Å². The number of rotatable bonds is 7. The number of benzene rings is 1. The number of urea groups is 1. The van der Waals surface area contributed by atoms with E-state index in [0.717, 1.165) is 18.0 Å². The van der Waals surface area contributed by atoms with Crippen LogP contribution < -0.4 is 20.8 Å². The maximum atomic E-state index is 12.8. The summed E-state index contributed by atoms with van der Waals surface area (Å²) in [6.45, 7) is 3.21. The monoisotopic (exact) mass is 379 g/mol. The van der Waals surface area contributed by atoms with Crippen LogP contribution in [0.5, 0.6) is 5.75 Å². The highest BCUT2D eigenvalue weighted by Crippen LogP contribution is 2.29. The van der Waals surface area contributed by atoms with E-state index in [1.54, 1.807) is 38.3 Å². The highest BCUT2D eigenvalue weighted by Gasteiger charge is 2.49. The summed E-state index contributed by atoms with van der Waals surface area (Å²) in [4.78, 5) is 27.1. The number of nitrogens with one attached hydrogen (secondary N) is 3. The van der Waals surface area contributed by atoms with Crippen LogP contribution in [-0.2, 0) is 10.3 Å². The lowest BCUT2D eigenvalue weighted by Gasteiger charge is -2.23. The van der Waals surface area contributed by atoms with E-state index in [9.17, 15) is 9.59 Å². The molecule has 1 atom stereocenters. The summed E-state index contributed by atoms with van der Waals surface area (Å²) in [5, 5.41) is 6.84. The minimum atomic E-state index is -1.17. The van der Waals surface area contributed by atoms with Gasteiger partial charge in [-0.25, -0.2) is 4.79 Å². The molecule has 1 fully saturated rings. The van der Waals surface area contributed by atoms with Crippen LogP contribution in [0, 0.1) is 0 Å². The number of hydrazine groups is 1. The van der Waals surface area contributed by atoms with Crippen LogP contribution in [-0.4, -0.2) is 61.3 Å². The van der Waals surface area contributed by atoms with Crippen LogP contribution in [0.25, 0.3) is 0 Å². The quantitative estimate of drug-likeness (QED) is 0.367. The van der Waals surface area contributed by atoms with Gasteiger partial charge < -0.3 is 20.3 Å². The van der Waals surface area contributed by atoms with Crippen molar-refractivity contribution in [2.24, 2.45) is 0 Å². The molecular formula is C17H25N5O3S. The molecule has 0 radical (unpaired) electrons. The van der Waals surface area contributed by atoms with E-state index in [1.807, 2.05) is 14.1 Å². The van der Waals surface area contributed by atoms with Crippen LogP contribution in [0.2, 0.25) is 0 Å². The van der Waals surface area contributed by atoms with Gasteiger partial charge in [-0.2, -0.15) is 5.01 Å². The molecule has 142 valence electrons. The highest BCUT2D eigenvalue weighted by atomic mass is 32.1. The molecule has 0 bridgehead atoms. The Morgan fingerprint density at radius 2 is 1.96 bits per heavy atom. The summed E-state index contributed by atoms with van der Waals surface area (Å²) < 4.78 is 5.12. The van der Waals surface area contributed by atoms with Crippen molar-refractivity contribution in [2.75, 3.05) is 34.3 Å². The lowest BCUT2D eigenvalue weighted by atomic mass is 9.92. The molecule has 3 amide bonds. The molecule has 0 unspecified atom stereocenters. The van der Waals surface area contributed by atoms with E-state index in [2.05, 4.69) is 21.0 Å². The molecule has 26 heavy (non-hydrogen) atoms. The Morgan fingerprint density at radius 1 is 1.31 bits per heavy atom. The molecular weight excluding hydrogens is 354 g/mol. The third kappa shape index (κ3) is 4.41. The van der Waals surface area contributed by atoms with Gasteiger partial charge in [0.15, 0.2) is 5.11 Å². The molecule has 8 nitrogen and oxygen atoms in total. The van der Waals surface area contributed by atoms with Crippen molar-refractivity contribution in [2.45, 2.75) is 18.9 Å². The standard InChI is InChI=1S/C17H25N5O3S/c1-17(12-6-8-13(25-4)9-7-12)14(23)22(16(24)19-17)20-15(26)18-10-5-11-21(2)3/h6-9H,5,10-11H2,1-4H3,(H,19,24)(H2,18,20,26)/t17-/m0/s1. The van der Waals surface area contributed by atoms with Gasteiger partial charge in [0.25, 0.3) is 5.91 Å². The molecule has 1 aliphatic rings. The van der Waals surface area contributed by atoms with Crippen LogP contribution >= 0.6 is 12.2 Å². The summed E-state index contributed by atoms with van der Waals surface area (Å²) in [7, 11) is 5.55. The van der Waals surface area contributed by atoms with Crippen molar-refractivity contribution < 1.29 is 14.3 Å². The third-order valence-electron chi connectivity index (χ3n) is 4.14. The van der Waals surface area contributed by atoms with E-state index in [0.29, 0.717) is 17.9 Å². The second-order valence-electron chi connectivity index (χ2n) is 6.45. The fraction of sp³-hybridized carbons (Fsp3) is 0.471. The van der Waals surface area contributed by atoms with E-state index in [-0.39, 0.29) is 5.11 Å². The number of methoxy groups -OCH3 is 1. The van der Waals surface area contributed by atoms with Gasteiger partial charge in [0, 0.05) is 6.54 Å². The molecule has 1 heterocycles. The Labute approximate surface area is 158 Å². The Bertz CT molecular complexity index is 679. The van der Waals surface area contributed by atoms with Crippen LogP contribution in [0.1, 0.15) is 18.9 Å². The number of nitrogens with zero attached hydrogens (tertiary/aromatic N) is 2. The molecule has 1 aromatic carbocycles. The van der Waals surface area contributed by atoms with Gasteiger partial charge in [0.2, 0.25) is 0 Å². The Morgan fingerprint density at radius 3 is 2.54 bits per heavy atom. The number of hydrogen-bond donors (Lipinski definition) is 3. The fourth-order valence-corrected chi connectivity index (χ4v) is 2.79. The van der Waals surface area contributed by atoms with Crippen LogP contribution in [0.3, 0.4) is 0 Å². The Hall–Kier alpha value is -2.39. The summed E-state index contributed by atoms with van der Waals surface area (Å²) >= 11 is 5.17. The average molecular weight is 379 g/mol. The number of ether oxygens (including phenoxy) is 1. The normalized spacial score (nSPS) is 19.5. The zero-order valence-corrected chi connectivity index (χ0v) is 16.3. The number of carbonyl (C=O) groups excluding carboxylic acids is 2. The molecule has 9 heteroatoms. The second kappa shape index (κ2) is 8.33. The van der Waals surface area contributed by atoms with Crippen molar-refractivity contribution in [3.63, 3.8) is 0 Å². The Kier molecular flexibility index (Phi) is 6.38. The number of hydrogen-bond acceptors (Lipinski definition) is 5. The van der Waals surface area contributed by atoms with Crippen LogP contribution in [0.15, 0.2) is 24.3 Å². The average Bonchev–Trinajstić information content (AvgIpc) is 2.83. The van der Waals surface area contributed by atoms with Crippen LogP contribution in [0.4, 0.5) is 4.79 Å². The lowest BCUT2D eigenvalue weighted by Crippen LogP contribution is -2.51. The minimum absolute atomic E-state index is 0.228. The van der Waals surface area contributed by atoms with Crippen molar-refractivity contribution in [1.29, 1.82) is 0 Å². The van der Waals surface area contributed by atoms with E-state index >= 15 is 0 Å². The van der Waals surface area contributed by atoms with E-state index in [1.165, 1.54) is 0 Å². The first-order valence-electron chi connectivity index (χ1n) is 8.28. The predicted molar refractivity (Wildman–Crippen MR) is 103 cm³/mol. The molecule has 1 aromatic rings. The number of amides is 3. The summed E-state index contributed by atoms with van der Waals surface area (Å²) in [6, 6.07) is 6.43. The molecule has 3 N–H and O–H groups in total. The topological polar surface area (TPSA) is 85.9 Å². The molecule has 2 rings (SSSR count). The van der Waals surface area contributed by atoms with Gasteiger partial charge >= 0.3 is 6.03 Å². The van der Waals surface area contributed by atoms with Gasteiger partial charge in [0.1, 0.15) is 11.3 Å². The first-order valence-corrected chi connectivity index (χ1v) is 8.69. The maximum absolute atomic E-state index is 12.8. The maximum Gasteiger partial charge on any atom is 0.344 e. The molecule has 1 aliphatic heterocycles. The summed E-state index contributed by atoms with van der Waals surface area (Å²) in [6.07, 6.45) is 0.887. The second-order valence-corrected chi connectivity index (χ2v) is 6.86. The summed E-state index contributed by atoms with van der Waals surface area (Å²) in [5.74, 6) is 0.248. The first kappa shape index (κ1) is 19.9. The van der Waals surface area contributed by atoms with Crippen molar-refractivity contribution in [3.8, 4) is 5.75 Å². The predicted octanol–water partition coefficient (Wildman–Crippen LogP) is 0.793. The van der Waals surface area contributed by atoms with Crippen molar-refractivity contribution >= 4 is 29.3 Å². The lowest BCUT2D eigenvalue weighted by molar-refractivity contribution is -0.132. The fourth-order valence-electron chi connectivity index (χ4n) is 2.60. The van der Waals surface area contributed by atoms with Gasteiger partial charge in [-0.3, -0.25) is 10.2 Å². The zero-order valence-electron chi connectivity index (χ0n) is 15.5. The van der Waals surface area contributed by atoms with E-state index in [4.69, 9.17) is 17.0 Å². The van der Waals surface area contributed by atoms with Gasteiger partial charge in [-0.15, -0.1) is 0 Å². The smallest absolute Gasteiger partial charge is 0.344 e. The number of carbonyl (C=O) groups is 2. The van der Waals surface area contributed by atoms with Gasteiger partial charge in [-0.1, -0.05) is 12.1 Å². The van der Waals surface area contributed by atoms with Crippen molar-refractivity contribution in [3.05, 3.63) is 29.8 Å². The van der Waals surface area contributed by atoms with Gasteiger partial charge in [-0.05, 0) is 63.9 Å². The highest BCUT2D eigenvalue weighted by molar-refractivity contribution is 7.80. The minimum Gasteiger partial charge on any atom is -0.497 e. The number of thiocarbonyl (C=S) groups is 1. The SMILES string of the molecule is COc1ccc([C@]2(C)NC(=O)N(NC(=S)NCCCN(C)C)C2=O)cc1. The largest absolute Gasteiger partial charge is 0.497 e. The third-order valence-corrected chi connectivity index (χ3v) is 4.37. The molecule has 0 aromatic heterocycles. The summed E-state index contributed by atoms with van der Waals surface area (Å²) in [5.41, 5.74) is 2.16. The molecule has 0 saturated carbocycles. The molecule has 0 aliphatic carbocycles. The molecule has 0 spiro atoms.